The minimum absolute atomic E-state index is 0.615. The Balaban J connectivity index is 1.70. The maximum Gasteiger partial charge on any atom is 0.120 e. The molecular weight excluding hydrogens is 290 g/mol. The number of benzene rings is 2. The molecule has 0 saturated carbocycles. The van der Waals surface area contributed by atoms with Gasteiger partial charge < -0.3 is 10.1 Å². The summed E-state index contributed by atoms with van der Waals surface area (Å²) < 4.78 is 6.82. The third-order valence-corrected chi connectivity index (χ3v) is 3.60. The zero-order valence-corrected chi connectivity index (χ0v) is 11.5. The number of rotatable bonds is 3. The van der Waals surface area contributed by atoms with Crippen LogP contribution in [0.4, 0.5) is 0 Å². The van der Waals surface area contributed by atoms with Crippen molar-refractivity contribution in [2.75, 3.05) is 0 Å². The minimum Gasteiger partial charge on any atom is -0.489 e. The summed E-state index contributed by atoms with van der Waals surface area (Å²) in [5, 5.41) is 3.35. The quantitative estimate of drug-likeness (QED) is 0.935. The summed E-state index contributed by atoms with van der Waals surface area (Å²) >= 11 is 3.44. The number of fused-ring (bicyclic) bond motifs is 1. The lowest BCUT2D eigenvalue weighted by atomic mass is 10.1. The van der Waals surface area contributed by atoms with Crippen LogP contribution in [-0.4, -0.2) is 0 Å². The van der Waals surface area contributed by atoms with Crippen molar-refractivity contribution in [2.24, 2.45) is 0 Å². The van der Waals surface area contributed by atoms with Gasteiger partial charge in [0.25, 0.3) is 0 Å². The van der Waals surface area contributed by atoms with E-state index in [0.29, 0.717) is 6.61 Å². The van der Waals surface area contributed by atoms with Crippen LogP contribution >= 0.6 is 15.9 Å². The van der Waals surface area contributed by atoms with Crippen LogP contribution < -0.4 is 10.1 Å². The molecule has 0 atom stereocenters. The highest BCUT2D eigenvalue weighted by molar-refractivity contribution is 9.10. The van der Waals surface area contributed by atoms with Crippen LogP contribution in [0.3, 0.4) is 0 Å². The Morgan fingerprint density at radius 1 is 1.06 bits per heavy atom. The Kier molecular flexibility index (Phi) is 3.35. The maximum absolute atomic E-state index is 5.78. The maximum atomic E-state index is 5.78. The standard InChI is InChI=1S/C15H14BrNO/c16-14-2-1-3-15(7-14)18-10-11-4-5-12-8-17-9-13(12)6-11/h1-7,17H,8-10H2. The molecule has 1 aliphatic rings. The van der Waals surface area contributed by atoms with Crippen molar-refractivity contribution in [1.82, 2.24) is 5.32 Å². The second-order valence-electron chi connectivity index (χ2n) is 4.45. The molecule has 0 unspecified atom stereocenters. The Bertz CT molecular complexity index is 568. The molecule has 1 heterocycles. The average molecular weight is 304 g/mol. The highest BCUT2D eigenvalue weighted by atomic mass is 79.9. The molecule has 1 N–H and O–H groups in total. The van der Waals surface area contributed by atoms with Crippen molar-refractivity contribution in [3.05, 3.63) is 63.6 Å². The summed E-state index contributed by atoms with van der Waals surface area (Å²) in [5.74, 6) is 0.892. The molecule has 1 aliphatic heterocycles. The molecule has 0 amide bonds. The molecule has 2 aromatic carbocycles. The van der Waals surface area contributed by atoms with Gasteiger partial charge in [0.15, 0.2) is 0 Å². The van der Waals surface area contributed by atoms with E-state index >= 15 is 0 Å². The van der Waals surface area contributed by atoms with Crippen LogP contribution in [-0.2, 0) is 19.7 Å². The number of hydrogen-bond donors (Lipinski definition) is 1. The number of hydrogen-bond acceptors (Lipinski definition) is 2. The van der Waals surface area contributed by atoms with Gasteiger partial charge in [-0.15, -0.1) is 0 Å². The minimum atomic E-state index is 0.615. The zero-order chi connectivity index (χ0) is 12.4. The summed E-state index contributed by atoms with van der Waals surface area (Å²) in [4.78, 5) is 0. The molecule has 0 radical (unpaired) electrons. The van der Waals surface area contributed by atoms with Crippen LogP contribution in [0.1, 0.15) is 16.7 Å². The smallest absolute Gasteiger partial charge is 0.120 e. The van der Waals surface area contributed by atoms with Crippen LogP contribution in [0, 0.1) is 0 Å². The van der Waals surface area contributed by atoms with E-state index < -0.39 is 0 Å². The lowest BCUT2D eigenvalue weighted by molar-refractivity contribution is 0.306. The first-order valence-electron chi connectivity index (χ1n) is 6.01. The first kappa shape index (κ1) is 11.8. The van der Waals surface area contributed by atoms with E-state index in [1.54, 1.807) is 0 Å². The third-order valence-electron chi connectivity index (χ3n) is 3.10. The summed E-state index contributed by atoms with van der Waals surface area (Å²) in [5.41, 5.74) is 4.02. The van der Waals surface area contributed by atoms with Crippen molar-refractivity contribution in [3.8, 4) is 5.75 Å². The van der Waals surface area contributed by atoms with Crippen molar-refractivity contribution >= 4 is 15.9 Å². The van der Waals surface area contributed by atoms with Gasteiger partial charge in [-0.3, -0.25) is 0 Å². The summed E-state index contributed by atoms with van der Waals surface area (Å²) in [6, 6.07) is 14.5. The summed E-state index contributed by atoms with van der Waals surface area (Å²) in [6.45, 7) is 2.58. The third kappa shape index (κ3) is 2.57. The number of nitrogens with one attached hydrogen (secondary N) is 1. The fraction of sp³-hybridized carbons (Fsp3) is 0.200. The predicted molar refractivity (Wildman–Crippen MR) is 75.5 cm³/mol. The van der Waals surface area contributed by atoms with Crippen molar-refractivity contribution in [2.45, 2.75) is 19.7 Å². The molecule has 92 valence electrons. The van der Waals surface area contributed by atoms with E-state index in [9.17, 15) is 0 Å². The fourth-order valence-corrected chi connectivity index (χ4v) is 2.54. The van der Waals surface area contributed by atoms with E-state index in [2.05, 4.69) is 39.4 Å². The van der Waals surface area contributed by atoms with Gasteiger partial charge in [-0.2, -0.15) is 0 Å². The lowest BCUT2D eigenvalue weighted by Gasteiger charge is -2.08. The van der Waals surface area contributed by atoms with Crippen LogP contribution in [0.5, 0.6) is 5.75 Å². The lowest BCUT2D eigenvalue weighted by Crippen LogP contribution is -2.00. The molecule has 0 spiro atoms. The highest BCUT2D eigenvalue weighted by Gasteiger charge is 2.09. The molecule has 0 fully saturated rings. The molecular formula is C15H14BrNO. The Labute approximate surface area is 115 Å². The normalized spacial score (nSPS) is 13.4. The first-order chi connectivity index (χ1) is 8.81. The van der Waals surface area contributed by atoms with E-state index in [4.69, 9.17) is 4.74 Å². The molecule has 18 heavy (non-hydrogen) atoms. The average Bonchev–Trinajstić information content (AvgIpc) is 2.84. The SMILES string of the molecule is Brc1cccc(OCc2ccc3c(c2)CNC3)c1. The largest absolute Gasteiger partial charge is 0.489 e. The van der Waals surface area contributed by atoms with Gasteiger partial charge in [0.2, 0.25) is 0 Å². The van der Waals surface area contributed by atoms with Gasteiger partial charge >= 0.3 is 0 Å². The van der Waals surface area contributed by atoms with Gasteiger partial charge in [0.1, 0.15) is 12.4 Å². The molecule has 0 aliphatic carbocycles. The monoisotopic (exact) mass is 303 g/mol. The Morgan fingerprint density at radius 2 is 1.94 bits per heavy atom. The molecule has 0 saturated heterocycles. The fourth-order valence-electron chi connectivity index (χ4n) is 2.16. The molecule has 2 aromatic rings. The zero-order valence-electron chi connectivity index (χ0n) is 9.95. The van der Waals surface area contributed by atoms with E-state index in [1.807, 2.05) is 24.3 Å². The first-order valence-corrected chi connectivity index (χ1v) is 6.80. The van der Waals surface area contributed by atoms with Crippen molar-refractivity contribution in [3.63, 3.8) is 0 Å². The number of ether oxygens (including phenoxy) is 1. The molecule has 3 rings (SSSR count). The van der Waals surface area contributed by atoms with Gasteiger partial charge in [0, 0.05) is 17.6 Å². The van der Waals surface area contributed by atoms with Gasteiger partial charge in [0.05, 0.1) is 0 Å². The van der Waals surface area contributed by atoms with Crippen LogP contribution in [0.15, 0.2) is 46.9 Å². The van der Waals surface area contributed by atoms with Crippen molar-refractivity contribution < 1.29 is 4.74 Å². The molecule has 3 heteroatoms. The molecule has 0 bridgehead atoms. The Hall–Kier alpha value is -1.32. The number of halogens is 1. The second kappa shape index (κ2) is 5.12. The van der Waals surface area contributed by atoms with Crippen molar-refractivity contribution in [1.29, 1.82) is 0 Å². The topological polar surface area (TPSA) is 21.3 Å². The van der Waals surface area contributed by atoms with Crippen LogP contribution in [0.2, 0.25) is 0 Å². The summed E-state index contributed by atoms with van der Waals surface area (Å²) in [6.07, 6.45) is 0. The predicted octanol–water partition coefficient (Wildman–Crippen LogP) is 3.63. The van der Waals surface area contributed by atoms with Crippen LogP contribution in [0.25, 0.3) is 0 Å². The van der Waals surface area contributed by atoms with E-state index in [1.165, 1.54) is 16.7 Å². The van der Waals surface area contributed by atoms with Gasteiger partial charge in [-0.25, -0.2) is 0 Å². The van der Waals surface area contributed by atoms with E-state index in [0.717, 1.165) is 23.3 Å². The van der Waals surface area contributed by atoms with E-state index in [-0.39, 0.29) is 0 Å². The molecule has 2 nitrogen and oxygen atoms in total. The van der Waals surface area contributed by atoms with Gasteiger partial charge in [-0.05, 0) is 34.9 Å². The highest BCUT2D eigenvalue weighted by Crippen LogP contribution is 2.21. The summed E-state index contributed by atoms with van der Waals surface area (Å²) in [7, 11) is 0. The second-order valence-corrected chi connectivity index (χ2v) is 5.37. The molecule has 0 aromatic heterocycles. The Morgan fingerprint density at radius 3 is 2.83 bits per heavy atom. The van der Waals surface area contributed by atoms with Gasteiger partial charge in [-0.1, -0.05) is 40.2 Å².